The van der Waals surface area contributed by atoms with Gasteiger partial charge >= 0.3 is 0 Å². The first-order chi connectivity index (χ1) is 9.17. The molecule has 0 bridgehead atoms. The average molecular weight is 269 g/mol. The Balaban J connectivity index is 1.85. The molecule has 0 radical (unpaired) electrons. The topological polar surface area (TPSA) is 47.7 Å². The number of halogens is 2. The van der Waals surface area contributed by atoms with Gasteiger partial charge in [0.05, 0.1) is 6.20 Å². The maximum atomic E-state index is 12.2. The summed E-state index contributed by atoms with van der Waals surface area (Å²) in [6.07, 6.45) is 3.75. The van der Waals surface area contributed by atoms with E-state index in [0.29, 0.717) is 6.54 Å². The van der Waals surface area contributed by atoms with Gasteiger partial charge in [0.25, 0.3) is 6.43 Å². The number of nitrogens with zero attached hydrogens (tertiary/aromatic N) is 4. The van der Waals surface area contributed by atoms with Gasteiger partial charge in [-0.15, -0.1) is 0 Å². The average Bonchev–Trinajstić information content (AvgIpc) is 2.96. The smallest absolute Gasteiger partial charge is 0.257 e. The maximum absolute atomic E-state index is 12.2. The number of rotatable bonds is 7. The molecule has 7 heteroatoms. The minimum Gasteiger partial charge on any atom is -0.364 e. The van der Waals surface area contributed by atoms with Crippen LogP contribution in [0.2, 0.25) is 0 Å². The van der Waals surface area contributed by atoms with E-state index in [-0.39, 0.29) is 6.54 Å². The summed E-state index contributed by atoms with van der Waals surface area (Å²) in [5.74, 6) is 0.773. The molecular weight excluding hydrogens is 252 g/mol. The quantitative estimate of drug-likeness (QED) is 0.839. The molecular formula is C12H17F2N5. The maximum Gasteiger partial charge on any atom is 0.257 e. The van der Waals surface area contributed by atoms with E-state index < -0.39 is 6.43 Å². The summed E-state index contributed by atoms with van der Waals surface area (Å²) in [6.45, 7) is 3.12. The first kappa shape index (κ1) is 13.5. The zero-order valence-corrected chi connectivity index (χ0v) is 10.8. The third-order valence-corrected chi connectivity index (χ3v) is 2.58. The van der Waals surface area contributed by atoms with Crippen LogP contribution in [-0.2, 0) is 19.6 Å². The van der Waals surface area contributed by atoms with Crippen LogP contribution >= 0.6 is 0 Å². The number of nitrogens with one attached hydrogen (secondary N) is 1. The zero-order chi connectivity index (χ0) is 13.7. The Labute approximate surface area is 110 Å². The first-order valence-electron chi connectivity index (χ1n) is 6.24. The van der Waals surface area contributed by atoms with Crippen LogP contribution in [0.3, 0.4) is 0 Å². The van der Waals surface area contributed by atoms with E-state index in [1.54, 1.807) is 12.4 Å². The van der Waals surface area contributed by atoms with Crippen LogP contribution in [0.15, 0.2) is 24.7 Å². The largest absolute Gasteiger partial charge is 0.364 e. The van der Waals surface area contributed by atoms with E-state index in [9.17, 15) is 8.78 Å². The van der Waals surface area contributed by atoms with E-state index in [4.69, 9.17) is 0 Å². The number of hydrogen-bond donors (Lipinski definition) is 1. The molecule has 0 amide bonds. The van der Waals surface area contributed by atoms with Gasteiger partial charge in [-0.1, -0.05) is 6.92 Å². The van der Waals surface area contributed by atoms with Crippen LogP contribution in [0.5, 0.6) is 0 Å². The van der Waals surface area contributed by atoms with Crippen molar-refractivity contribution in [2.45, 2.75) is 39.4 Å². The Bertz CT molecular complexity index is 506. The fourth-order valence-electron chi connectivity index (χ4n) is 1.74. The van der Waals surface area contributed by atoms with Gasteiger partial charge in [-0.3, -0.25) is 9.36 Å². The molecule has 0 unspecified atom stereocenters. The van der Waals surface area contributed by atoms with Crippen LogP contribution in [0, 0.1) is 0 Å². The van der Waals surface area contributed by atoms with Gasteiger partial charge in [0, 0.05) is 37.1 Å². The van der Waals surface area contributed by atoms with Crippen LogP contribution in [0.1, 0.15) is 18.9 Å². The molecule has 2 rings (SSSR count). The summed E-state index contributed by atoms with van der Waals surface area (Å²) < 4.78 is 27.4. The van der Waals surface area contributed by atoms with Gasteiger partial charge in [0.2, 0.25) is 0 Å². The highest BCUT2D eigenvalue weighted by molar-refractivity contribution is 5.33. The lowest BCUT2D eigenvalue weighted by Crippen LogP contribution is -2.06. The fourth-order valence-corrected chi connectivity index (χ4v) is 1.74. The molecule has 1 N–H and O–H groups in total. The summed E-state index contributed by atoms with van der Waals surface area (Å²) in [7, 11) is 0. The van der Waals surface area contributed by atoms with E-state index in [1.165, 1.54) is 4.68 Å². The molecule has 0 fully saturated rings. The Morgan fingerprint density at radius 3 is 2.95 bits per heavy atom. The lowest BCUT2D eigenvalue weighted by molar-refractivity contribution is 0.122. The minimum atomic E-state index is -2.38. The third kappa shape index (κ3) is 4.04. The van der Waals surface area contributed by atoms with Gasteiger partial charge in [-0.05, 0) is 6.42 Å². The van der Waals surface area contributed by atoms with Gasteiger partial charge in [0.15, 0.2) is 0 Å². The van der Waals surface area contributed by atoms with Crippen molar-refractivity contribution in [3.8, 4) is 0 Å². The van der Waals surface area contributed by atoms with E-state index in [1.807, 2.05) is 16.9 Å². The SMILES string of the molecule is CCCn1ccc(NCc2cnn(CC(F)F)c2)n1. The number of aromatic nitrogens is 4. The van der Waals surface area contributed by atoms with Gasteiger partial charge in [-0.2, -0.15) is 10.2 Å². The van der Waals surface area contributed by atoms with Crippen molar-refractivity contribution < 1.29 is 8.78 Å². The third-order valence-electron chi connectivity index (χ3n) is 2.58. The molecule has 104 valence electrons. The highest BCUT2D eigenvalue weighted by Gasteiger charge is 2.06. The lowest BCUT2D eigenvalue weighted by atomic mass is 10.3. The molecule has 0 aliphatic carbocycles. The van der Waals surface area contributed by atoms with Gasteiger partial charge in [-0.25, -0.2) is 8.78 Å². The molecule has 2 aromatic rings. The van der Waals surface area contributed by atoms with E-state index in [2.05, 4.69) is 22.4 Å². The second-order valence-electron chi connectivity index (χ2n) is 4.28. The molecule has 2 aromatic heterocycles. The molecule has 0 saturated heterocycles. The van der Waals surface area contributed by atoms with E-state index >= 15 is 0 Å². The Kier molecular flexibility index (Phi) is 4.48. The van der Waals surface area contributed by atoms with Crippen LogP contribution < -0.4 is 5.32 Å². The highest BCUT2D eigenvalue weighted by atomic mass is 19.3. The first-order valence-corrected chi connectivity index (χ1v) is 6.24. The van der Waals surface area contributed by atoms with Crippen molar-refractivity contribution >= 4 is 5.82 Å². The van der Waals surface area contributed by atoms with Crippen molar-refractivity contribution in [3.05, 3.63) is 30.2 Å². The molecule has 2 heterocycles. The molecule has 0 aliphatic rings. The lowest BCUT2D eigenvalue weighted by Gasteiger charge is -2.01. The Morgan fingerprint density at radius 2 is 2.21 bits per heavy atom. The summed E-state index contributed by atoms with van der Waals surface area (Å²) in [5.41, 5.74) is 0.852. The minimum absolute atomic E-state index is 0.370. The zero-order valence-electron chi connectivity index (χ0n) is 10.8. The highest BCUT2D eigenvalue weighted by Crippen LogP contribution is 2.07. The van der Waals surface area contributed by atoms with Gasteiger partial charge in [0.1, 0.15) is 12.4 Å². The number of alkyl halides is 2. The summed E-state index contributed by atoms with van der Waals surface area (Å²) in [6, 6.07) is 1.89. The second-order valence-corrected chi connectivity index (χ2v) is 4.28. The Morgan fingerprint density at radius 1 is 1.37 bits per heavy atom. The van der Waals surface area contributed by atoms with Crippen molar-refractivity contribution in [2.24, 2.45) is 0 Å². The monoisotopic (exact) mass is 269 g/mol. The number of anilines is 1. The second kappa shape index (κ2) is 6.31. The van der Waals surface area contributed by atoms with Crippen molar-refractivity contribution in [1.82, 2.24) is 19.6 Å². The van der Waals surface area contributed by atoms with Crippen molar-refractivity contribution in [2.75, 3.05) is 5.32 Å². The molecule has 0 spiro atoms. The standard InChI is InChI=1S/C12H17F2N5/c1-2-4-18-5-3-12(17-18)15-6-10-7-16-19(8-10)9-11(13)14/h3,5,7-8,11H,2,4,6,9H2,1H3,(H,15,17). The van der Waals surface area contributed by atoms with Crippen molar-refractivity contribution in [3.63, 3.8) is 0 Å². The molecule has 19 heavy (non-hydrogen) atoms. The molecule has 0 atom stereocenters. The summed E-state index contributed by atoms with van der Waals surface area (Å²) >= 11 is 0. The molecule has 5 nitrogen and oxygen atoms in total. The van der Waals surface area contributed by atoms with E-state index in [0.717, 1.165) is 24.3 Å². The fraction of sp³-hybridized carbons (Fsp3) is 0.500. The normalized spacial score (nSPS) is 11.2. The van der Waals surface area contributed by atoms with Crippen molar-refractivity contribution in [1.29, 1.82) is 0 Å². The predicted molar refractivity (Wildman–Crippen MR) is 68.1 cm³/mol. The Hall–Kier alpha value is -1.92. The number of hydrogen-bond acceptors (Lipinski definition) is 3. The molecule has 0 saturated carbocycles. The van der Waals surface area contributed by atoms with Crippen LogP contribution in [0.4, 0.5) is 14.6 Å². The van der Waals surface area contributed by atoms with Crippen LogP contribution in [0.25, 0.3) is 0 Å². The predicted octanol–water partition coefficient (Wildman–Crippen LogP) is 2.37. The van der Waals surface area contributed by atoms with Gasteiger partial charge < -0.3 is 5.32 Å². The summed E-state index contributed by atoms with van der Waals surface area (Å²) in [5, 5.41) is 11.3. The molecule has 0 aromatic carbocycles. The summed E-state index contributed by atoms with van der Waals surface area (Å²) in [4.78, 5) is 0. The molecule has 0 aliphatic heterocycles. The number of aryl methyl sites for hydroxylation is 1. The van der Waals surface area contributed by atoms with Crippen LogP contribution in [-0.4, -0.2) is 26.0 Å².